The van der Waals surface area contributed by atoms with E-state index in [9.17, 15) is 19.1 Å². The van der Waals surface area contributed by atoms with Crippen molar-refractivity contribution in [3.05, 3.63) is 65.5 Å². The van der Waals surface area contributed by atoms with Crippen LogP contribution in [0.15, 0.2) is 48.5 Å². The average molecular weight is 487 g/mol. The summed E-state index contributed by atoms with van der Waals surface area (Å²) in [6.45, 7) is 7.71. The molecule has 1 aliphatic rings. The van der Waals surface area contributed by atoms with Crippen molar-refractivity contribution in [1.29, 1.82) is 0 Å². The van der Waals surface area contributed by atoms with E-state index < -0.39 is 36.3 Å². The molecule has 1 fully saturated rings. The molecule has 0 spiro atoms. The average Bonchev–Trinajstić information content (AvgIpc) is 2.87. The Morgan fingerprint density at radius 3 is 2.37 bits per heavy atom. The minimum atomic E-state index is -0.943. The molecule has 3 rings (SSSR count). The fraction of sp³-hybridized carbons (Fsp3) is 0.481. The highest BCUT2D eigenvalue weighted by molar-refractivity contribution is 6.03. The maximum absolute atomic E-state index is 14.3. The Hall–Kier alpha value is -2.97. The van der Waals surface area contributed by atoms with Crippen LogP contribution in [0.3, 0.4) is 0 Å². The van der Waals surface area contributed by atoms with Gasteiger partial charge in [0.2, 0.25) is 5.91 Å². The minimum Gasteiger partial charge on any atom is -0.468 e. The summed E-state index contributed by atoms with van der Waals surface area (Å²) in [5, 5.41) is 9.70. The van der Waals surface area contributed by atoms with E-state index in [2.05, 4.69) is 0 Å². The number of hydrogen-bond donors (Lipinski definition) is 1. The maximum atomic E-state index is 14.3. The van der Waals surface area contributed by atoms with E-state index >= 15 is 0 Å². The van der Waals surface area contributed by atoms with Gasteiger partial charge in [0.05, 0.1) is 12.2 Å². The smallest absolute Gasteiger partial charge is 0.332 e. The number of imide groups is 1. The third-order valence-electron chi connectivity index (χ3n) is 6.69. The third kappa shape index (κ3) is 4.90. The number of rotatable bonds is 11. The molecule has 2 atom stereocenters. The molecule has 2 aromatic carbocycles. The van der Waals surface area contributed by atoms with Crippen molar-refractivity contribution in [2.45, 2.75) is 66.0 Å². The van der Waals surface area contributed by atoms with Crippen molar-refractivity contribution in [2.24, 2.45) is 5.41 Å². The molecule has 8 heteroatoms. The SMILES string of the molecule is CCCN(C(=O)N1C(=O)C(CC)(CC)[C@@H]1Oc1cccc(F)c1CO)[C@H](OCC)c1ccccc1. The molecule has 0 aromatic heterocycles. The van der Waals surface area contributed by atoms with Crippen molar-refractivity contribution in [3.63, 3.8) is 0 Å². The highest BCUT2D eigenvalue weighted by atomic mass is 19.1. The summed E-state index contributed by atoms with van der Waals surface area (Å²) in [5.41, 5.74) is -0.144. The van der Waals surface area contributed by atoms with Crippen LogP contribution in [0.4, 0.5) is 9.18 Å². The first-order chi connectivity index (χ1) is 16.9. The quantitative estimate of drug-likeness (QED) is 0.347. The minimum absolute atomic E-state index is 0.0118. The van der Waals surface area contributed by atoms with Gasteiger partial charge >= 0.3 is 6.03 Å². The van der Waals surface area contributed by atoms with Crippen LogP contribution in [0.25, 0.3) is 0 Å². The van der Waals surface area contributed by atoms with E-state index in [0.29, 0.717) is 32.4 Å². The molecule has 0 bridgehead atoms. The van der Waals surface area contributed by atoms with Crippen LogP contribution in [0.5, 0.6) is 5.75 Å². The Kier molecular flexibility index (Phi) is 8.86. The standard InChI is InChI=1S/C27H35FN2O5/c1-5-17-29(23(34-8-4)19-13-10-9-11-14-19)26(33)30-24(32)27(6-2,7-3)25(30)35-22-16-12-15-21(28)20(22)18-31/h9-16,23,25,31H,5-8,17-18H2,1-4H3/t23-,25+/m1/s1. The summed E-state index contributed by atoms with van der Waals surface area (Å²) in [4.78, 5) is 30.0. The highest BCUT2D eigenvalue weighted by Gasteiger charge is 2.64. The van der Waals surface area contributed by atoms with E-state index in [4.69, 9.17) is 9.47 Å². The molecule has 1 aliphatic heterocycles. The molecule has 1 heterocycles. The number of hydrogen-bond acceptors (Lipinski definition) is 5. The van der Waals surface area contributed by atoms with E-state index in [1.54, 1.807) is 4.90 Å². The van der Waals surface area contributed by atoms with Gasteiger partial charge in [-0.1, -0.05) is 57.2 Å². The van der Waals surface area contributed by atoms with Crippen LogP contribution in [0, 0.1) is 11.2 Å². The summed E-state index contributed by atoms with van der Waals surface area (Å²) in [6, 6.07) is 13.1. The van der Waals surface area contributed by atoms with Crippen LogP contribution < -0.4 is 4.74 Å². The molecule has 3 amide bonds. The predicted octanol–water partition coefficient (Wildman–Crippen LogP) is 5.24. The van der Waals surface area contributed by atoms with E-state index in [1.165, 1.54) is 18.2 Å². The van der Waals surface area contributed by atoms with Gasteiger partial charge in [-0.05, 0) is 38.3 Å². The van der Waals surface area contributed by atoms with Gasteiger partial charge in [0.1, 0.15) is 17.0 Å². The Labute approximate surface area is 206 Å². The second-order valence-electron chi connectivity index (χ2n) is 8.58. The second kappa shape index (κ2) is 11.6. The van der Waals surface area contributed by atoms with Gasteiger partial charge in [0, 0.05) is 18.7 Å². The number of amides is 3. The Bertz CT molecular complexity index is 1010. The molecule has 1 saturated heterocycles. The van der Waals surface area contributed by atoms with Crippen molar-refractivity contribution < 1.29 is 28.6 Å². The largest absolute Gasteiger partial charge is 0.468 e. The molecular weight excluding hydrogens is 451 g/mol. The highest BCUT2D eigenvalue weighted by Crippen LogP contribution is 2.47. The lowest BCUT2D eigenvalue weighted by atomic mass is 9.72. The lowest BCUT2D eigenvalue weighted by molar-refractivity contribution is -0.194. The number of nitrogens with zero attached hydrogens (tertiary/aromatic N) is 2. The number of aliphatic hydroxyl groups is 1. The number of ether oxygens (including phenoxy) is 2. The van der Waals surface area contributed by atoms with Crippen LogP contribution >= 0.6 is 0 Å². The number of carbonyl (C=O) groups is 2. The first-order valence-electron chi connectivity index (χ1n) is 12.3. The first kappa shape index (κ1) is 26.6. The zero-order valence-corrected chi connectivity index (χ0v) is 20.9. The normalized spacial score (nSPS) is 17.6. The van der Waals surface area contributed by atoms with Gasteiger partial charge in [-0.3, -0.25) is 9.69 Å². The first-order valence-corrected chi connectivity index (χ1v) is 12.3. The lowest BCUT2D eigenvalue weighted by Gasteiger charge is -2.54. The Morgan fingerprint density at radius 1 is 1.11 bits per heavy atom. The lowest BCUT2D eigenvalue weighted by Crippen LogP contribution is -2.74. The third-order valence-corrected chi connectivity index (χ3v) is 6.69. The monoisotopic (exact) mass is 486 g/mol. The molecule has 0 radical (unpaired) electrons. The number of halogens is 1. The summed E-state index contributed by atoms with van der Waals surface area (Å²) < 4.78 is 26.4. The number of likely N-dealkylation sites (tertiary alicyclic amines) is 1. The Balaban J connectivity index is 2.01. The van der Waals surface area contributed by atoms with E-state index in [1.807, 2.05) is 58.0 Å². The van der Waals surface area contributed by atoms with Crippen molar-refractivity contribution in [3.8, 4) is 5.75 Å². The predicted molar refractivity (Wildman–Crippen MR) is 130 cm³/mol. The molecule has 0 aliphatic carbocycles. The molecule has 1 N–H and O–H groups in total. The van der Waals surface area contributed by atoms with Crippen LogP contribution in [-0.2, 0) is 16.1 Å². The van der Waals surface area contributed by atoms with Gasteiger partial charge in [-0.15, -0.1) is 0 Å². The van der Waals surface area contributed by atoms with Gasteiger partial charge < -0.3 is 14.6 Å². The van der Waals surface area contributed by atoms with Crippen molar-refractivity contribution in [2.75, 3.05) is 13.2 Å². The fourth-order valence-corrected chi connectivity index (χ4v) is 4.64. The Morgan fingerprint density at radius 2 is 1.80 bits per heavy atom. The molecule has 0 unspecified atom stereocenters. The maximum Gasteiger partial charge on any atom is 0.332 e. The summed E-state index contributed by atoms with van der Waals surface area (Å²) in [6.07, 6.45) is -0.0744. The molecule has 7 nitrogen and oxygen atoms in total. The summed E-state index contributed by atoms with van der Waals surface area (Å²) >= 11 is 0. The summed E-state index contributed by atoms with van der Waals surface area (Å²) in [7, 11) is 0. The van der Waals surface area contributed by atoms with Gasteiger partial charge in [-0.25, -0.2) is 14.1 Å². The number of benzene rings is 2. The van der Waals surface area contributed by atoms with Crippen LogP contribution in [-0.4, -0.2) is 46.2 Å². The zero-order chi connectivity index (χ0) is 25.6. The molecule has 190 valence electrons. The van der Waals surface area contributed by atoms with Crippen LogP contribution in [0.1, 0.15) is 64.3 Å². The number of urea groups is 1. The van der Waals surface area contributed by atoms with Crippen LogP contribution in [0.2, 0.25) is 0 Å². The second-order valence-corrected chi connectivity index (χ2v) is 8.58. The van der Waals surface area contributed by atoms with Gasteiger partial charge in [-0.2, -0.15) is 0 Å². The molecule has 0 saturated carbocycles. The topological polar surface area (TPSA) is 79.3 Å². The van der Waals surface area contributed by atoms with Crippen molar-refractivity contribution in [1.82, 2.24) is 9.80 Å². The zero-order valence-electron chi connectivity index (χ0n) is 20.9. The molecular formula is C27H35FN2O5. The molecule has 35 heavy (non-hydrogen) atoms. The number of carbonyl (C=O) groups excluding carboxylic acids is 2. The summed E-state index contributed by atoms with van der Waals surface area (Å²) in [5.74, 6) is -0.829. The van der Waals surface area contributed by atoms with E-state index in [-0.39, 0.29) is 17.2 Å². The van der Waals surface area contributed by atoms with Gasteiger partial charge in [0.25, 0.3) is 0 Å². The number of β-lactam (4-membered cyclic amide) rings is 1. The van der Waals surface area contributed by atoms with Gasteiger partial charge in [0.15, 0.2) is 12.5 Å². The molecule has 2 aromatic rings. The van der Waals surface area contributed by atoms with Crippen molar-refractivity contribution >= 4 is 11.9 Å². The number of aliphatic hydroxyl groups excluding tert-OH is 1. The fourth-order valence-electron chi connectivity index (χ4n) is 4.64. The van der Waals surface area contributed by atoms with E-state index in [0.717, 1.165) is 10.5 Å².